The van der Waals surface area contributed by atoms with Crippen molar-refractivity contribution in [3.05, 3.63) is 143 Å². The van der Waals surface area contributed by atoms with Crippen molar-refractivity contribution in [2.75, 3.05) is 6.54 Å². The normalized spacial score (nSPS) is 12.4. The van der Waals surface area contributed by atoms with Gasteiger partial charge < -0.3 is 9.30 Å². The molecule has 0 fully saturated rings. The van der Waals surface area contributed by atoms with Gasteiger partial charge >= 0.3 is 6.18 Å². The minimum atomic E-state index is -4.49. The Morgan fingerprint density at radius 3 is 2.30 bits per heavy atom. The fourth-order valence-corrected chi connectivity index (χ4v) is 4.99. The van der Waals surface area contributed by atoms with E-state index in [2.05, 4.69) is 4.98 Å². The standard InChI is InChI=1S/C33H30F3N3O/c1-24-15-18-39-30(22-37-31(39)19-24)29(27-13-8-14-28(20-27)33(34,35)36)21-32(40)38(23-26-11-6-3-7-12-26)17-16-25-9-4-2-5-10-25/h2-15,18-20,22,29H,16-17,21,23H2,1H3. The number of halogens is 3. The SMILES string of the molecule is Cc1ccn2c(C(CC(=O)N(CCc3ccccc3)Cc3ccccc3)c3cccc(C(F)(F)F)c3)cnc2c1. The Kier molecular flexibility index (Phi) is 8.01. The Hall–Kier alpha value is -4.39. The molecule has 40 heavy (non-hydrogen) atoms. The number of hydrogen-bond donors (Lipinski definition) is 0. The lowest BCUT2D eigenvalue weighted by Gasteiger charge is -2.26. The molecule has 1 atom stereocenters. The summed E-state index contributed by atoms with van der Waals surface area (Å²) < 4.78 is 42.9. The molecule has 0 aliphatic heterocycles. The van der Waals surface area contributed by atoms with Crippen molar-refractivity contribution < 1.29 is 18.0 Å². The number of aryl methyl sites for hydroxylation is 1. The van der Waals surface area contributed by atoms with E-state index in [-0.39, 0.29) is 12.3 Å². The van der Waals surface area contributed by atoms with Crippen LogP contribution in [0.25, 0.3) is 5.65 Å². The molecular formula is C33H30F3N3O. The van der Waals surface area contributed by atoms with Crippen LogP contribution in [0.4, 0.5) is 13.2 Å². The molecule has 4 nitrogen and oxygen atoms in total. The summed E-state index contributed by atoms with van der Waals surface area (Å²) in [4.78, 5) is 20.3. The first-order valence-electron chi connectivity index (χ1n) is 13.2. The van der Waals surface area contributed by atoms with Gasteiger partial charge in [0.25, 0.3) is 0 Å². The van der Waals surface area contributed by atoms with E-state index in [0.717, 1.165) is 28.8 Å². The average Bonchev–Trinajstić information content (AvgIpc) is 3.37. The lowest BCUT2D eigenvalue weighted by molar-refractivity contribution is -0.137. The molecule has 0 aliphatic rings. The van der Waals surface area contributed by atoms with Gasteiger partial charge in [0.05, 0.1) is 11.3 Å². The molecular weight excluding hydrogens is 511 g/mol. The van der Waals surface area contributed by atoms with Crippen molar-refractivity contribution in [1.29, 1.82) is 0 Å². The molecule has 0 bridgehead atoms. The third-order valence-electron chi connectivity index (χ3n) is 7.13. The van der Waals surface area contributed by atoms with E-state index < -0.39 is 17.7 Å². The Morgan fingerprint density at radius 2 is 1.60 bits per heavy atom. The summed E-state index contributed by atoms with van der Waals surface area (Å²) >= 11 is 0. The highest BCUT2D eigenvalue weighted by atomic mass is 19.4. The third-order valence-corrected chi connectivity index (χ3v) is 7.13. The average molecular weight is 542 g/mol. The largest absolute Gasteiger partial charge is 0.416 e. The number of amides is 1. The number of rotatable bonds is 9. The maximum absolute atomic E-state index is 14.0. The molecule has 0 aliphatic carbocycles. The topological polar surface area (TPSA) is 37.6 Å². The van der Waals surface area contributed by atoms with Gasteiger partial charge in [0, 0.05) is 37.8 Å². The van der Waals surface area contributed by atoms with Gasteiger partial charge in [-0.15, -0.1) is 0 Å². The minimum absolute atomic E-state index is 0.00457. The number of alkyl halides is 3. The van der Waals surface area contributed by atoms with Gasteiger partial charge in [-0.2, -0.15) is 13.2 Å². The molecule has 1 amide bonds. The van der Waals surface area contributed by atoms with Crippen LogP contribution < -0.4 is 0 Å². The minimum Gasteiger partial charge on any atom is -0.338 e. The molecule has 3 aromatic carbocycles. The summed E-state index contributed by atoms with van der Waals surface area (Å²) in [7, 11) is 0. The monoisotopic (exact) mass is 541 g/mol. The van der Waals surface area contributed by atoms with Crippen LogP contribution in [0.2, 0.25) is 0 Å². The zero-order valence-electron chi connectivity index (χ0n) is 22.2. The number of hydrogen-bond acceptors (Lipinski definition) is 2. The van der Waals surface area contributed by atoms with Crippen molar-refractivity contribution in [2.45, 2.75) is 38.4 Å². The molecule has 0 N–H and O–H groups in total. The zero-order chi connectivity index (χ0) is 28.1. The van der Waals surface area contributed by atoms with E-state index in [0.29, 0.717) is 36.4 Å². The molecule has 204 valence electrons. The van der Waals surface area contributed by atoms with Crippen LogP contribution in [-0.4, -0.2) is 26.7 Å². The second-order valence-electron chi connectivity index (χ2n) is 10.0. The van der Waals surface area contributed by atoms with Gasteiger partial charge in [0.15, 0.2) is 0 Å². The van der Waals surface area contributed by atoms with Crippen molar-refractivity contribution in [1.82, 2.24) is 14.3 Å². The maximum Gasteiger partial charge on any atom is 0.416 e. The smallest absolute Gasteiger partial charge is 0.338 e. The fourth-order valence-electron chi connectivity index (χ4n) is 4.99. The number of aromatic nitrogens is 2. The first-order valence-corrected chi connectivity index (χ1v) is 13.2. The molecule has 5 rings (SSSR count). The molecule has 1 unspecified atom stereocenters. The van der Waals surface area contributed by atoms with E-state index in [1.807, 2.05) is 90.3 Å². The predicted molar refractivity (Wildman–Crippen MR) is 150 cm³/mol. The van der Waals surface area contributed by atoms with Crippen molar-refractivity contribution in [2.24, 2.45) is 0 Å². The van der Waals surface area contributed by atoms with Crippen molar-refractivity contribution in [3.8, 4) is 0 Å². The number of fused-ring (bicyclic) bond motifs is 1. The zero-order valence-corrected chi connectivity index (χ0v) is 22.2. The van der Waals surface area contributed by atoms with Crippen LogP contribution in [0.15, 0.2) is 109 Å². The fraction of sp³-hybridized carbons (Fsp3) is 0.212. The predicted octanol–water partition coefficient (Wildman–Crippen LogP) is 7.46. The van der Waals surface area contributed by atoms with Crippen LogP contribution in [0.5, 0.6) is 0 Å². The lowest BCUT2D eigenvalue weighted by Crippen LogP contribution is -2.33. The molecule has 0 saturated carbocycles. The number of imidazole rings is 1. The highest BCUT2D eigenvalue weighted by Gasteiger charge is 2.32. The number of pyridine rings is 1. The first-order chi connectivity index (χ1) is 19.3. The Bertz CT molecular complexity index is 1580. The van der Waals surface area contributed by atoms with Crippen LogP contribution in [0.1, 0.15) is 45.8 Å². The van der Waals surface area contributed by atoms with Gasteiger partial charge in [-0.25, -0.2) is 4.98 Å². The highest BCUT2D eigenvalue weighted by Crippen LogP contribution is 2.35. The van der Waals surface area contributed by atoms with Crippen LogP contribution >= 0.6 is 0 Å². The summed E-state index contributed by atoms with van der Waals surface area (Å²) in [6.45, 7) is 2.85. The maximum atomic E-state index is 14.0. The van der Waals surface area contributed by atoms with Crippen LogP contribution in [-0.2, 0) is 23.9 Å². The number of carbonyl (C=O) groups excluding carboxylic acids is 1. The highest BCUT2D eigenvalue weighted by molar-refractivity contribution is 5.78. The molecule has 0 saturated heterocycles. The van der Waals surface area contributed by atoms with E-state index in [9.17, 15) is 18.0 Å². The van der Waals surface area contributed by atoms with Gasteiger partial charge in [-0.3, -0.25) is 4.79 Å². The van der Waals surface area contributed by atoms with Crippen LogP contribution in [0.3, 0.4) is 0 Å². The summed E-state index contributed by atoms with van der Waals surface area (Å²) in [5, 5.41) is 0. The Balaban J connectivity index is 1.50. The Labute approximate surface area is 231 Å². The van der Waals surface area contributed by atoms with E-state index >= 15 is 0 Å². The molecule has 2 aromatic heterocycles. The van der Waals surface area contributed by atoms with Gasteiger partial charge in [0.2, 0.25) is 5.91 Å². The van der Waals surface area contributed by atoms with Gasteiger partial charge in [-0.1, -0.05) is 78.9 Å². The quantitative estimate of drug-likeness (QED) is 0.194. The lowest BCUT2D eigenvalue weighted by atomic mass is 9.90. The Morgan fingerprint density at radius 1 is 0.900 bits per heavy atom. The number of benzene rings is 3. The van der Waals surface area contributed by atoms with Crippen LogP contribution in [0, 0.1) is 6.92 Å². The summed E-state index contributed by atoms with van der Waals surface area (Å²) in [5.74, 6) is -0.758. The van der Waals surface area contributed by atoms with E-state index in [4.69, 9.17) is 0 Å². The van der Waals surface area contributed by atoms with Crippen molar-refractivity contribution in [3.63, 3.8) is 0 Å². The molecule has 5 aromatic rings. The summed E-state index contributed by atoms with van der Waals surface area (Å²) in [5.41, 5.74) is 4.16. The summed E-state index contributed by atoms with van der Waals surface area (Å²) in [6.07, 6.45) is -0.295. The number of carbonyl (C=O) groups is 1. The second-order valence-corrected chi connectivity index (χ2v) is 10.0. The second kappa shape index (κ2) is 11.8. The number of nitrogens with zero attached hydrogens (tertiary/aromatic N) is 3. The molecule has 0 spiro atoms. The van der Waals surface area contributed by atoms with Gasteiger partial charge in [-0.05, 0) is 53.8 Å². The van der Waals surface area contributed by atoms with E-state index in [1.54, 1.807) is 17.2 Å². The van der Waals surface area contributed by atoms with Crippen molar-refractivity contribution >= 4 is 11.6 Å². The molecule has 0 radical (unpaired) electrons. The first kappa shape index (κ1) is 27.2. The van der Waals surface area contributed by atoms with E-state index in [1.165, 1.54) is 6.07 Å². The third kappa shape index (κ3) is 6.42. The summed E-state index contributed by atoms with van der Waals surface area (Å²) in [6, 6.07) is 28.8. The molecule has 2 heterocycles. The van der Waals surface area contributed by atoms with Gasteiger partial charge in [0.1, 0.15) is 5.65 Å². The molecule has 7 heteroatoms.